The summed E-state index contributed by atoms with van der Waals surface area (Å²) in [4.78, 5) is 37.7. The van der Waals surface area contributed by atoms with Crippen molar-refractivity contribution in [2.75, 3.05) is 13.2 Å². The Hall–Kier alpha value is -3.22. The summed E-state index contributed by atoms with van der Waals surface area (Å²) < 4.78 is 65.6. The fourth-order valence-electron chi connectivity index (χ4n) is 4.38. The number of nitrogens with one attached hydrogen (secondary N) is 2. The molecule has 40 heavy (non-hydrogen) atoms. The highest BCUT2D eigenvalue weighted by Gasteiger charge is 2.41. The number of Topliss-reactive ketones (excluding diaryl/α,β-unsaturated/α-hetero) is 1. The number of ether oxygens (including phenoxy) is 2. The number of hydrogen-bond acceptors (Lipinski definition) is 6. The lowest BCUT2D eigenvalue weighted by Crippen LogP contribution is -2.60. The van der Waals surface area contributed by atoms with Crippen LogP contribution in [0.3, 0.4) is 0 Å². The van der Waals surface area contributed by atoms with Gasteiger partial charge in [0, 0.05) is 23.3 Å². The molecule has 2 aromatic carbocycles. The molecule has 1 unspecified atom stereocenters. The maximum absolute atomic E-state index is 13.9. The van der Waals surface area contributed by atoms with Crippen LogP contribution in [0.2, 0.25) is 5.02 Å². The first-order valence-electron chi connectivity index (χ1n) is 12.5. The van der Waals surface area contributed by atoms with E-state index in [0.717, 1.165) is 12.8 Å². The summed E-state index contributed by atoms with van der Waals surface area (Å²) in [5.74, 6) is -12.4. The normalized spacial score (nSPS) is 18.7. The second-order valence-electron chi connectivity index (χ2n) is 9.69. The number of hydrogen-bond donors (Lipinski definition) is 3. The summed E-state index contributed by atoms with van der Waals surface area (Å²) >= 11 is 6.46. The summed E-state index contributed by atoms with van der Waals surface area (Å²) in [7, 11) is 0. The third kappa shape index (κ3) is 7.29. The van der Waals surface area contributed by atoms with Crippen LogP contribution in [0.4, 0.5) is 17.6 Å². The van der Waals surface area contributed by atoms with Crippen molar-refractivity contribution in [3.8, 4) is 5.75 Å². The summed E-state index contributed by atoms with van der Waals surface area (Å²) in [5.41, 5.74) is -0.540. The van der Waals surface area contributed by atoms with Crippen molar-refractivity contribution in [2.45, 2.75) is 57.3 Å². The van der Waals surface area contributed by atoms with Crippen molar-refractivity contribution in [3.63, 3.8) is 0 Å². The van der Waals surface area contributed by atoms with E-state index < -0.39 is 77.5 Å². The van der Waals surface area contributed by atoms with Crippen molar-refractivity contribution in [1.82, 2.24) is 10.6 Å². The molecule has 0 aromatic heterocycles. The van der Waals surface area contributed by atoms with Gasteiger partial charge in [0.05, 0.1) is 12.5 Å². The summed E-state index contributed by atoms with van der Waals surface area (Å²) in [6.07, 6.45) is 1.13. The van der Waals surface area contributed by atoms with Gasteiger partial charge < -0.3 is 19.9 Å². The van der Waals surface area contributed by atoms with Crippen LogP contribution in [-0.2, 0) is 24.8 Å². The second kappa shape index (κ2) is 13.4. The van der Waals surface area contributed by atoms with E-state index >= 15 is 0 Å². The van der Waals surface area contributed by atoms with Gasteiger partial charge >= 0.3 is 5.97 Å². The van der Waals surface area contributed by atoms with Crippen molar-refractivity contribution in [1.29, 1.82) is 0 Å². The van der Waals surface area contributed by atoms with Gasteiger partial charge in [-0.3, -0.25) is 19.7 Å². The van der Waals surface area contributed by atoms with Crippen LogP contribution >= 0.6 is 11.6 Å². The molecule has 1 fully saturated rings. The van der Waals surface area contributed by atoms with E-state index in [1.54, 1.807) is 38.1 Å². The van der Waals surface area contributed by atoms with Crippen LogP contribution in [0.5, 0.6) is 5.75 Å². The number of aliphatic carboxylic acids is 1. The lowest BCUT2D eigenvalue weighted by Gasteiger charge is -2.42. The van der Waals surface area contributed by atoms with Crippen LogP contribution in [0.1, 0.15) is 45.1 Å². The Morgan fingerprint density at radius 2 is 1.75 bits per heavy atom. The number of carboxylic acids is 1. The third-order valence-corrected chi connectivity index (χ3v) is 6.76. The number of rotatable bonds is 12. The molecule has 8 nitrogen and oxygen atoms in total. The van der Waals surface area contributed by atoms with Gasteiger partial charge in [-0.15, -0.1) is 0 Å². The van der Waals surface area contributed by atoms with Gasteiger partial charge in [-0.05, 0) is 31.2 Å². The molecule has 0 aliphatic carbocycles. The average molecular weight is 589 g/mol. The maximum Gasteiger partial charge on any atom is 0.305 e. The maximum atomic E-state index is 13.9. The number of halogens is 5. The highest BCUT2D eigenvalue weighted by atomic mass is 35.5. The highest BCUT2D eigenvalue weighted by Crippen LogP contribution is 2.37. The van der Waals surface area contributed by atoms with Crippen LogP contribution in [0, 0.1) is 29.2 Å². The molecule has 2 aromatic rings. The van der Waals surface area contributed by atoms with Crippen LogP contribution in [-0.4, -0.2) is 48.1 Å². The molecule has 1 saturated heterocycles. The molecule has 0 radical (unpaired) electrons. The van der Waals surface area contributed by atoms with Crippen LogP contribution in [0.15, 0.2) is 30.3 Å². The Morgan fingerprint density at radius 3 is 2.30 bits per heavy atom. The standard InChI is InChI=1S/C27H29ClF4N2O6/c1-14(2)24(34-27(9-5-6-10-40-27)15-7-3-4-8-16(15)28)26(38)33-19(12-21(36)37)20(35)13-39-25-22(31)17(29)11-18(30)23(25)32/h3-4,7-8,11,14,19,24,34H,5-6,9-10,12-13H2,1-2H3,(H,33,38)(H,36,37)/t19-,24-,27?/m0/s1. The SMILES string of the molecule is CC(C)[C@H](NC1(c2ccccc2Cl)CCCCO1)C(=O)N[C@@H](CC(=O)O)C(=O)COc1c(F)c(F)cc(F)c1F. The molecule has 0 saturated carbocycles. The minimum Gasteiger partial charge on any atom is -0.481 e. The van der Waals surface area contributed by atoms with E-state index in [4.69, 9.17) is 16.3 Å². The Morgan fingerprint density at radius 1 is 1.10 bits per heavy atom. The monoisotopic (exact) mass is 588 g/mol. The van der Waals surface area contributed by atoms with Gasteiger partial charge in [0.1, 0.15) is 18.4 Å². The molecule has 1 aliphatic heterocycles. The molecule has 3 atom stereocenters. The van der Waals surface area contributed by atoms with Gasteiger partial charge in [0.25, 0.3) is 0 Å². The number of carboxylic acid groups (broad SMARTS) is 1. The lowest BCUT2D eigenvalue weighted by atomic mass is 9.91. The second-order valence-corrected chi connectivity index (χ2v) is 10.1. The molecule has 1 heterocycles. The van der Waals surface area contributed by atoms with E-state index in [-0.39, 0.29) is 12.0 Å². The zero-order valence-corrected chi connectivity index (χ0v) is 22.5. The Bertz CT molecular complexity index is 1230. The lowest BCUT2D eigenvalue weighted by molar-refractivity contribution is -0.143. The number of amides is 1. The number of carbonyl (C=O) groups is 3. The quantitative estimate of drug-likeness (QED) is 0.248. The van der Waals surface area contributed by atoms with E-state index in [1.165, 1.54) is 0 Å². The minimum atomic E-state index is -1.87. The summed E-state index contributed by atoms with van der Waals surface area (Å²) in [6.45, 7) is 2.65. The molecule has 1 aliphatic rings. The van der Waals surface area contributed by atoms with Crippen molar-refractivity contribution in [2.24, 2.45) is 5.92 Å². The van der Waals surface area contributed by atoms with E-state index in [2.05, 4.69) is 15.4 Å². The first kappa shape index (κ1) is 31.3. The number of carbonyl (C=O) groups excluding carboxylic acids is 2. The molecule has 0 spiro atoms. The minimum absolute atomic E-state index is 0.0305. The number of benzene rings is 2. The molecular formula is C27H29ClF4N2O6. The number of ketones is 1. The largest absolute Gasteiger partial charge is 0.481 e. The van der Waals surface area contributed by atoms with Crippen molar-refractivity contribution < 1.29 is 46.5 Å². The topological polar surface area (TPSA) is 114 Å². The Kier molecular flexibility index (Phi) is 10.5. The Labute approximate surface area is 233 Å². The van der Waals surface area contributed by atoms with Gasteiger partial charge in [0.15, 0.2) is 23.2 Å². The molecule has 3 N–H and O–H groups in total. The van der Waals surface area contributed by atoms with E-state index in [0.29, 0.717) is 23.6 Å². The molecule has 1 amide bonds. The highest BCUT2D eigenvalue weighted by molar-refractivity contribution is 6.31. The first-order valence-corrected chi connectivity index (χ1v) is 12.9. The summed E-state index contributed by atoms with van der Waals surface area (Å²) in [6, 6.07) is 4.22. The first-order chi connectivity index (χ1) is 18.9. The van der Waals surface area contributed by atoms with E-state index in [9.17, 15) is 37.1 Å². The molecule has 3 rings (SSSR count). The third-order valence-electron chi connectivity index (χ3n) is 6.43. The fraction of sp³-hybridized carbons (Fsp3) is 0.444. The molecular weight excluding hydrogens is 560 g/mol. The van der Waals surface area contributed by atoms with Crippen molar-refractivity contribution in [3.05, 3.63) is 64.2 Å². The molecule has 13 heteroatoms. The predicted octanol–water partition coefficient (Wildman–Crippen LogP) is 4.47. The smallest absolute Gasteiger partial charge is 0.305 e. The molecule has 218 valence electrons. The van der Waals surface area contributed by atoms with Crippen molar-refractivity contribution >= 4 is 29.3 Å². The molecule has 0 bridgehead atoms. The fourth-order valence-corrected chi connectivity index (χ4v) is 4.67. The van der Waals surface area contributed by atoms with E-state index in [1.807, 2.05) is 0 Å². The Balaban J connectivity index is 1.82. The average Bonchev–Trinajstić information content (AvgIpc) is 2.90. The predicted molar refractivity (Wildman–Crippen MR) is 136 cm³/mol. The zero-order chi connectivity index (χ0) is 29.6. The van der Waals surface area contributed by atoms with Gasteiger partial charge in [-0.25, -0.2) is 8.78 Å². The van der Waals surface area contributed by atoms with Crippen LogP contribution in [0.25, 0.3) is 0 Å². The van der Waals surface area contributed by atoms with Gasteiger partial charge in [0.2, 0.25) is 17.5 Å². The summed E-state index contributed by atoms with van der Waals surface area (Å²) in [5, 5.41) is 15.3. The zero-order valence-electron chi connectivity index (χ0n) is 21.7. The van der Waals surface area contributed by atoms with Gasteiger partial charge in [-0.1, -0.05) is 43.6 Å². The van der Waals surface area contributed by atoms with Crippen LogP contribution < -0.4 is 15.4 Å². The van der Waals surface area contributed by atoms with Gasteiger partial charge in [-0.2, -0.15) is 8.78 Å².